The first-order valence-corrected chi connectivity index (χ1v) is 10.3. The second-order valence-corrected chi connectivity index (χ2v) is 8.05. The number of rotatable bonds is 8. The van der Waals surface area contributed by atoms with Crippen molar-refractivity contribution in [1.29, 1.82) is 0 Å². The Morgan fingerprint density at radius 1 is 1.28 bits per heavy atom. The van der Waals surface area contributed by atoms with E-state index in [-0.39, 0.29) is 24.7 Å². The fraction of sp³-hybridized carbons (Fsp3) is 0.636. The van der Waals surface area contributed by atoms with Crippen molar-refractivity contribution in [3.05, 3.63) is 29.3 Å². The maximum absolute atomic E-state index is 11.4. The largest absolute Gasteiger partial charge is 0.508 e. The second-order valence-electron chi connectivity index (χ2n) is 8.05. The molecular formula is C22H30O7. The minimum Gasteiger partial charge on any atom is -0.482 e. The maximum Gasteiger partial charge on any atom is 0.508 e. The summed E-state index contributed by atoms with van der Waals surface area (Å²) < 4.78 is 15.4. The molecule has 160 valence electrons. The van der Waals surface area contributed by atoms with Gasteiger partial charge in [0.1, 0.15) is 11.9 Å². The molecule has 0 spiro atoms. The smallest absolute Gasteiger partial charge is 0.482 e. The van der Waals surface area contributed by atoms with Gasteiger partial charge in [-0.3, -0.25) is 0 Å². The first-order valence-electron chi connectivity index (χ1n) is 10.3. The molecule has 0 saturated heterocycles. The molecule has 1 saturated carbocycles. The predicted molar refractivity (Wildman–Crippen MR) is 105 cm³/mol. The van der Waals surface area contributed by atoms with Gasteiger partial charge in [-0.25, -0.2) is 9.59 Å². The molecule has 0 radical (unpaired) electrons. The number of aliphatic hydroxyl groups excluding tert-OH is 1. The van der Waals surface area contributed by atoms with Crippen LogP contribution in [0.1, 0.15) is 43.7 Å². The average molecular weight is 406 g/mol. The van der Waals surface area contributed by atoms with Gasteiger partial charge in [-0.05, 0) is 73.5 Å². The fourth-order valence-corrected chi connectivity index (χ4v) is 4.99. The van der Waals surface area contributed by atoms with Crippen molar-refractivity contribution < 1.29 is 34.0 Å². The third-order valence-corrected chi connectivity index (χ3v) is 6.40. The number of carboxylic acids is 1. The summed E-state index contributed by atoms with van der Waals surface area (Å²) in [7, 11) is 1.30. The molecule has 7 nitrogen and oxygen atoms in total. The summed E-state index contributed by atoms with van der Waals surface area (Å²) in [5.74, 6) is 0.514. The molecule has 0 aromatic heterocycles. The van der Waals surface area contributed by atoms with E-state index in [1.54, 1.807) is 0 Å². The molecule has 0 aliphatic heterocycles. The second kappa shape index (κ2) is 9.48. The van der Waals surface area contributed by atoms with Gasteiger partial charge in [0.05, 0.1) is 13.2 Å². The Morgan fingerprint density at radius 3 is 2.76 bits per heavy atom. The zero-order chi connectivity index (χ0) is 21.0. The lowest BCUT2D eigenvalue weighted by Crippen LogP contribution is -2.28. The van der Waals surface area contributed by atoms with Gasteiger partial charge in [0, 0.05) is 0 Å². The maximum atomic E-state index is 11.4. The highest BCUT2D eigenvalue weighted by molar-refractivity contribution is 5.68. The summed E-state index contributed by atoms with van der Waals surface area (Å²) in [6.45, 7) is 1.62. The number of hydrogen-bond donors (Lipinski definition) is 2. The van der Waals surface area contributed by atoms with Crippen LogP contribution in [-0.2, 0) is 27.1 Å². The number of benzene rings is 1. The van der Waals surface area contributed by atoms with Crippen molar-refractivity contribution in [2.24, 2.45) is 17.8 Å². The molecular weight excluding hydrogens is 376 g/mol. The SMILES string of the molecule is CC[C@@H](CC[C@@H]1[C@H]2Cc3cccc(OCC(=O)O)c3C[C@H]2C[C@H]1O)OC(=O)OC. The molecule has 3 rings (SSSR count). The summed E-state index contributed by atoms with van der Waals surface area (Å²) in [6, 6.07) is 5.78. The summed E-state index contributed by atoms with van der Waals surface area (Å²) in [4.78, 5) is 22.2. The molecule has 7 heteroatoms. The van der Waals surface area contributed by atoms with Crippen molar-refractivity contribution in [3.8, 4) is 5.75 Å². The van der Waals surface area contributed by atoms with Crippen molar-refractivity contribution in [1.82, 2.24) is 0 Å². The van der Waals surface area contributed by atoms with Crippen molar-refractivity contribution in [2.75, 3.05) is 13.7 Å². The number of carboxylic acid groups (broad SMARTS) is 1. The summed E-state index contributed by atoms with van der Waals surface area (Å²) in [6.07, 6.45) is 3.32. The zero-order valence-corrected chi connectivity index (χ0v) is 17.0. The number of hydrogen-bond acceptors (Lipinski definition) is 6. The molecule has 0 bridgehead atoms. The molecule has 2 aliphatic rings. The van der Waals surface area contributed by atoms with Gasteiger partial charge in [0.2, 0.25) is 0 Å². The van der Waals surface area contributed by atoms with Gasteiger partial charge >= 0.3 is 12.1 Å². The highest BCUT2D eigenvalue weighted by atomic mass is 16.7. The number of carbonyl (C=O) groups excluding carboxylic acids is 1. The van der Waals surface area contributed by atoms with Gasteiger partial charge in [-0.1, -0.05) is 19.1 Å². The van der Waals surface area contributed by atoms with E-state index in [2.05, 4.69) is 10.8 Å². The van der Waals surface area contributed by atoms with Crippen LogP contribution in [0.2, 0.25) is 0 Å². The van der Waals surface area contributed by atoms with Gasteiger partial charge in [0.15, 0.2) is 6.61 Å². The monoisotopic (exact) mass is 406 g/mol. The number of aliphatic carboxylic acids is 1. The van der Waals surface area contributed by atoms with E-state index in [0.717, 1.165) is 31.2 Å². The number of fused-ring (bicyclic) bond motifs is 2. The molecule has 1 fully saturated rings. The van der Waals surface area contributed by atoms with Crippen LogP contribution in [0.25, 0.3) is 0 Å². The van der Waals surface area contributed by atoms with Crippen LogP contribution >= 0.6 is 0 Å². The zero-order valence-electron chi connectivity index (χ0n) is 17.0. The highest BCUT2D eigenvalue weighted by Crippen LogP contribution is 2.48. The third-order valence-electron chi connectivity index (χ3n) is 6.40. The van der Waals surface area contributed by atoms with E-state index in [1.807, 2.05) is 19.1 Å². The fourth-order valence-electron chi connectivity index (χ4n) is 4.99. The van der Waals surface area contributed by atoms with Crippen molar-refractivity contribution >= 4 is 12.1 Å². The van der Waals surface area contributed by atoms with E-state index in [0.29, 0.717) is 30.4 Å². The Labute approximate surface area is 171 Å². The van der Waals surface area contributed by atoms with Crippen LogP contribution in [0, 0.1) is 17.8 Å². The lowest BCUT2D eigenvalue weighted by atomic mass is 9.73. The Bertz CT molecular complexity index is 732. The van der Waals surface area contributed by atoms with Gasteiger partial charge in [-0.2, -0.15) is 0 Å². The minimum absolute atomic E-state index is 0.159. The third kappa shape index (κ3) is 5.01. The Morgan fingerprint density at radius 2 is 2.07 bits per heavy atom. The van der Waals surface area contributed by atoms with Gasteiger partial charge in [-0.15, -0.1) is 0 Å². The highest BCUT2D eigenvalue weighted by Gasteiger charge is 2.45. The van der Waals surface area contributed by atoms with Crippen LogP contribution in [0.5, 0.6) is 5.75 Å². The molecule has 1 aromatic rings. The van der Waals surface area contributed by atoms with Crippen LogP contribution in [-0.4, -0.2) is 48.3 Å². The predicted octanol–water partition coefficient (Wildman–Crippen LogP) is 3.20. The van der Waals surface area contributed by atoms with E-state index in [9.17, 15) is 14.7 Å². The van der Waals surface area contributed by atoms with E-state index in [1.165, 1.54) is 12.7 Å². The number of methoxy groups -OCH3 is 1. The van der Waals surface area contributed by atoms with Crippen molar-refractivity contribution in [3.63, 3.8) is 0 Å². The Balaban J connectivity index is 1.67. The summed E-state index contributed by atoms with van der Waals surface area (Å²) >= 11 is 0. The number of carbonyl (C=O) groups is 2. The average Bonchev–Trinajstić information content (AvgIpc) is 3.01. The van der Waals surface area contributed by atoms with Gasteiger partial charge in [0.25, 0.3) is 0 Å². The van der Waals surface area contributed by atoms with E-state index in [4.69, 9.17) is 14.6 Å². The standard InChI is InChI=1S/C22H30O7/c1-3-15(29-22(26)27-2)7-8-16-17-9-13-5-4-6-20(28-12-21(24)25)18(13)10-14(17)11-19(16)23/h4-6,14-17,19,23H,3,7-12H2,1-2H3,(H,24,25)/t14-,15-,16+,17-,19+/m0/s1. The molecule has 0 amide bonds. The Hall–Kier alpha value is -2.28. The summed E-state index contributed by atoms with van der Waals surface area (Å²) in [5.41, 5.74) is 2.24. The lowest BCUT2D eigenvalue weighted by molar-refractivity contribution is -0.139. The minimum atomic E-state index is -0.993. The molecule has 5 atom stereocenters. The lowest BCUT2D eigenvalue weighted by Gasteiger charge is -2.32. The van der Waals surface area contributed by atoms with E-state index < -0.39 is 12.1 Å². The topological polar surface area (TPSA) is 102 Å². The number of ether oxygens (including phenoxy) is 3. The summed E-state index contributed by atoms with van der Waals surface area (Å²) in [5, 5.41) is 19.6. The van der Waals surface area contributed by atoms with Crippen LogP contribution in [0.15, 0.2) is 18.2 Å². The quantitative estimate of drug-likeness (QED) is 0.639. The molecule has 1 aromatic carbocycles. The number of aliphatic hydroxyl groups is 1. The molecule has 0 heterocycles. The van der Waals surface area contributed by atoms with E-state index >= 15 is 0 Å². The molecule has 2 aliphatic carbocycles. The molecule has 29 heavy (non-hydrogen) atoms. The Kier molecular flexibility index (Phi) is 7.00. The van der Waals surface area contributed by atoms with Gasteiger partial charge < -0.3 is 24.4 Å². The van der Waals surface area contributed by atoms with Crippen LogP contribution < -0.4 is 4.74 Å². The normalized spacial score (nSPS) is 26.2. The van der Waals surface area contributed by atoms with Crippen LogP contribution in [0.3, 0.4) is 0 Å². The molecule has 2 N–H and O–H groups in total. The van der Waals surface area contributed by atoms with Crippen LogP contribution in [0.4, 0.5) is 4.79 Å². The first kappa shape index (κ1) is 21.4. The van der Waals surface area contributed by atoms with Crippen molar-refractivity contribution in [2.45, 2.75) is 57.7 Å². The molecule has 0 unspecified atom stereocenters. The first-order chi connectivity index (χ1) is 13.9.